The second kappa shape index (κ2) is 5.57. The van der Waals surface area contributed by atoms with Crippen LogP contribution in [-0.4, -0.2) is 0 Å². The minimum absolute atomic E-state index is 1.28. The second-order valence-corrected chi connectivity index (χ2v) is 5.77. The molecule has 0 heteroatoms. The molecule has 0 saturated heterocycles. The van der Waals surface area contributed by atoms with Crippen LogP contribution in [0.4, 0.5) is 0 Å². The van der Waals surface area contributed by atoms with Crippen LogP contribution < -0.4 is 0 Å². The van der Waals surface area contributed by atoms with Crippen molar-refractivity contribution in [3.8, 4) is 22.3 Å². The first-order valence-electron chi connectivity index (χ1n) is 7.38. The first kappa shape index (κ1) is 13.6. The van der Waals surface area contributed by atoms with Crippen molar-refractivity contribution in [2.24, 2.45) is 0 Å². The van der Waals surface area contributed by atoms with E-state index in [2.05, 4.69) is 87.5 Å². The van der Waals surface area contributed by atoms with E-state index in [1.165, 1.54) is 38.9 Å². The van der Waals surface area contributed by atoms with Crippen LogP contribution in [0.5, 0.6) is 0 Å². The van der Waals surface area contributed by atoms with Gasteiger partial charge in [-0.15, -0.1) is 0 Å². The van der Waals surface area contributed by atoms with Crippen molar-refractivity contribution >= 4 is 0 Å². The predicted molar refractivity (Wildman–Crippen MR) is 91.5 cm³/mol. The summed E-state index contributed by atoms with van der Waals surface area (Å²) >= 11 is 0. The van der Waals surface area contributed by atoms with Crippen molar-refractivity contribution in [2.45, 2.75) is 20.8 Å². The molecular weight excluding hydrogens is 252 g/mol. The fourth-order valence-electron chi connectivity index (χ4n) is 2.93. The number of rotatable bonds is 2. The monoisotopic (exact) mass is 272 g/mol. The Balaban J connectivity index is 2.05. The van der Waals surface area contributed by atoms with Crippen LogP contribution >= 0.6 is 0 Å². The summed E-state index contributed by atoms with van der Waals surface area (Å²) in [6.45, 7) is 6.50. The smallest absolute Gasteiger partial charge is 0.0154 e. The molecule has 0 unspecified atom stereocenters. The average Bonchev–Trinajstić information content (AvgIpc) is 2.47. The van der Waals surface area contributed by atoms with E-state index in [1.54, 1.807) is 0 Å². The maximum Gasteiger partial charge on any atom is -0.0154 e. The molecule has 0 nitrogen and oxygen atoms in total. The van der Waals surface area contributed by atoms with Gasteiger partial charge in [-0.05, 0) is 48.6 Å². The summed E-state index contributed by atoms with van der Waals surface area (Å²) in [7, 11) is 0. The molecule has 3 rings (SSSR count). The lowest BCUT2D eigenvalue weighted by Gasteiger charge is -2.10. The van der Waals surface area contributed by atoms with Crippen molar-refractivity contribution in [1.29, 1.82) is 0 Å². The SMILES string of the molecule is Cc1cc(C)cc(-c2ccc(-c3ccccc3)c(C)c2)c1. The summed E-state index contributed by atoms with van der Waals surface area (Å²) in [6.07, 6.45) is 0. The van der Waals surface area contributed by atoms with E-state index in [0.29, 0.717) is 0 Å². The molecule has 0 saturated carbocycles. The minimum Gasteiger partial charge on any atom is -0.0622 e. The van der Waals surface area contributed by atoms with E-state index in [-0.39, 0.29) is 0 Å². The summed E-state index contributed by atoms with van der Waals surface area (Å²) in [5.74, 6) is 0. The van der Waals surface area contributed by atoms with Crippen molar-refractivity contribution in [2.75, 3.05) is 0 Å². The Morgan fingerprint density at radius 3 is 1.81 bits per heavy atom. The van der Waals surface area contributed by atoms with E-state index in [0.717, 1.165) is 0 Å². The van der Waals surface area contributed by atoms with Gasteiger partial charge >= 0.3 is 0 Å². The van der Waals surface area contributed by atoms with Gasteiger partial charge in [0.2, 0.25) is 0 Å². The van der Waals surface area contributed by atoms with E-state index in [1.807, 2.05) is 0 Å². The standard InChI is InChI=1S/C21H20/c1-15-11-16(2)13-20(12-15)19-9-10-21(17(3)14-19)18-7-5-4-6-8-18/h4-14H,1-3H3. The van der Waals surface area contributed by atoms with Gasteiger partial charge < -0.3 is 0 Å². The van der Waals surface area contributed by atoms with Gasteiger partial charge in [0, 0.05) is 0 Å². The lowest BCUT2D eigenvalue weighted by atomic mass is 9.94. The third kappa shape index (κ3) is 2.90. The highest BCUT2D eigenvalue weighted by Gasteiger charge is 2.05. The van der Waals surface area contributed by atoms with Crippen molar-refractivity contribution in [3.05, 3.63) is 83.4 Å². The molecule has 0 amide bonds. The zero-order valence-electron chi connectivity index (χ0n) is 12.9. The molecule has 21 heavy (non-hydrogen) atoms. The van der Waals surface area contributed by atoms with E-state index < -0.39 is 0 Å². The van der Waals surface area contributed by atoms with Crippen molar-refractivity contribution in [1.82, 2.24) is 0 Å². The number of benzene rings is 3. The fourth-order valence-corrected chi connectivity index (χ4v) is 2.93. The summed E-state index contributed by atoms with van der Waals surface area (Å²) in [6, 6.07) is 24.0. The van der Waals surface area contributed by atoms with E-state index in [4.69, 9.17) is 0 Å². The van der Waals surface area contributed by atoms with Gasteiger partial charge in [0.1, 0.15) is 0 Å². The van der Waals surface area contributed by atoms with Crippen LogP contribution in [0.3, 0.4) is 0 Å². The van der Waals surface area contributed by atoms with Crippen LogP contribution in [0.2, 0.25) is 0 Å². The first-order valence-corrected chi connectivity index (χ1v) is 7.38. The van der Waals surface area contributed by atoms with Gasteiger partial charge in [-0.3, -0.25) is 0 Å². The van der Waals surface area contributed by atoms with Crippen LogP contribution in [-0.2, 0) is 0 Å². The lowest BCUT2D eigenvalue weighted by molar-refractivity contribution is 1.38. The zero-order chi connectivity index (χ0) is 14.8. The molecule has 0 fully saturated rings. The van der Waals surface area contributed by atoms with Crippen LogP contribution in [0, 0.1) is 20.8 Å². The summed E-state index contributed by atoms with van der Waals surface area (Å²) < 4.78 is 0. The molecule has 0 heterocycles. The van der Waals surface area contributed by atoms with Gasteiger partial charge in [0.05, 0.1) is 0 Å². The molecule has 0 aromatic heterocycles. The predicted octanol–water partition coefficient (Wildman–Crippen LogP) is 5.95. The number of hydrogen-bond acceptors (Lipinski definition) is 0. The molecule has 0 spiro atoms. The highest BCUT2D eigenvalue weighted by molar-refractivity contribution is 5.74. The first-order chi connectivity index (χ1) is 10.1. The summed E-state index contributed by atoms with van der Waals surface area (Å²) in [4.78, 5) is 0. The molecule has 3 aromatic carbocycles. The third-order valence-electron chi connectivity index (χ3n) is 3.87. The van der Waals surface area contributed by atoms with E-state index >= 15 is 0 Å². The topological polar surface area (TPSA) is 0 Å². The molecule has 0 N–H and O–H groups in total. The quantitative estimate of drug-likeness (QED) is 0.541. The Morgan fingerprint density at radius 1 is 0.524 bits per heavy atom. The van der Waals surface area contributed by atoms with Crippen LogP contribution in [0.1, 0.15) is 16.7 Å². The molecule has 0 aliphatic carbocycles. The average molecular weight is 272 g/mol. The Morgan fingerprint density at radius 2 is 1.19 bits per heavy atom. The summed E-state index contributed by atoms with van der Waals surface area (Å²) in [5.41, 5.74) is 9.13. The van der Waals surface area contributed by atoms with Gasteiger partial charge in [0.25, 0.3) is 0 Å². The summed E-state index contributed by atoms with van der Waals surface area (Å²) in [5, 5.41) is 0. The maximum absolute atomic E-state index is 2.29. The Bertz CT molecular complexity index is 747. The van der Waals surface area contributed by atoms with Gasteiger partial charge in [-0.25, -0.2) is 0 Å². The van der Waals surface area contributed by atoms with Gasteiger partial charge in [-0.1, -0.05) is 77.9 Å². The molecule has 0 bridgehead atoms. The Kier molecular flexibility index (Phi) is 3.62. The third-order valence-corrected chi connectivity index (χ3v) is 3.87. The molecule has 3 aromatic rings. The van der Waals surface area contributed by atoms with Gasteiger partial charge in [0.15, 0.2) is 0 Å². The minimum atomic E-state index is 1.28. The molecule has 0 aliphatic rings. The molecule has 0 radical (unpaired) electrons. The Hall–Kier alpha value is -2.34. The molecule has 104 valence electrons. The maximum atomic E-state index is 2.29. The molecule has 0 aliphatic heterocycles. The molecular formula is C21H20. The van der Waals surface area contributed by atoms with Crippen molar-refractivity contribution in [3.63, 3.8) is 0 Å². The number of aryl methyl sites for hydroxylation is 3. The second-order valence-electron chi connectivity index (χ2n) is 5.77. The van der Waals surface area contributed by atoms with E-state index in [9.17, 15) is 0 Å². The zero-order valence-corrected chi connectivity index (χ0v) is 12.9. The van der Waals surface area contributed by atoms with Crippen LogP contribution in [0.25, 0.3) is 22.3 Å². The van der Waals surface area contributed by atoms with Crippen LogP contribution in [0.15, 0.2) is 66.7 Å². The normalized spacial score (nSPS) is 10.6. The lowest BCUT2D eigenvalue weighted by Crippen LogP contribution is -1.87. The highest BCUT2D eigenvalue weighted by Crippen LogP contribution is 2.29. The van der Waals surface area contributed by atoms with Gasteiger partial charge in [-0.2, -0.15) is 0 Å². The Labute approximate surface area is 127 Å². The highest BCUT2D eigenvalue weighted by atomic mass is 14.1. The molecule has 0 atom stereocenters. The van der Waals surface area contributed by atoms with Crippen molar-refractivity contribution < 1.29 is 0 Å². The fraction of sp³-hybridized carbons (Fsp3) is 0.143. The number of hydrogen-bond donors (Lipinski definition) is 0. The largest absolute Gasteiger partial charge is 0.0622 e.